The summed E-state index contributed by atoms with van der Waals surface area (Å²) in [4.78, 5) is 27.6. The van der Waals surface area contributed by atoms with Gasteiger partial charge in [-0.25, -0.2) is 4.39 Å². The molecule has 4 aliphatic rings. The molecule has 63 heavy (non-hydrogen) atoms. The van der Waals surface area contributed by atoms with Gasteiger partial charge in [-0.05, 0) is 116 Å². The third-order valence-corrected chi connectivity index (χ3v) is 13.1. The van der Waals surface area contributed by atoms with Crippen LogP contribution in [-0.2, 0) is 34.1 Å². The number of hydrogen-bond donors (Lipinski definition) is 2. The van der Waals surface area contributed by atoms with Crippen LogP contribution >= 0.6 is 0 Å². The van der Waals surface area contributed by atoms with E-state index in [-0.39, 0.29) is 81.4 Å². The fourth-order valence-corrected chi connectivity index (χ4v) is 10.0. The summed E-state index contributed by atoms with van der Waals surface area (Å²) >= 11 is 0. The zero-order valence-corrected chi connectivity index (χ0v) is 36.2. The lowest BCUT2D eigenvalue weighted by molar-refractivity contribution is -0.258. The number of rotatable bonds is 21. The molecule has 0 radical (unpaired) electrons. The summed E-state index contributed by atoms with van der Waals surface area (Å²) in [6, 6.07) is 27.4. The molecule has 3 aliphatic carbocycles. The maximum absolute atomic E-state index is 14.8. The number of carbonyl (C=O) groups excluding carboxylic acids is 1. The molecule has 4 aromatic rings. The molecule has 10 nitrogen and oxygen atoms in total. The number of halogens is 1. The molecule has 2 saturated carbocycles. The highest BCUT2D eigenvalue weighted by atomic mass is 19.1. The molecule has 0 unspecified atom stereocenters. The number of aryl methyl sites for hydroxylation is 1. The Bertz CT molecular complexity index is 2250. The Balaban J connectivity index is 1.31. The van der Waals surface area contributed by atoms with Gasteiger partial charge in [-0.1, -0.05) is 78.7 Å². The predicted molar refractivity (Wildman–Crippen MR) is 239 cm³/mol. The smallest absolute Gasteiger partial charge is 0.239 e. The number of hydrogen-bond acceptors (Lipinski definition) is 9. The third-order valence-electron chi connectivity index (χ3n) is 13.1. The number of benzene rings is 3. The topological polar surface area (TPSA) is 123 Å². The van der Waals surface area contributed by atoms with Crippen molar-refractivity contribution in [1.29, 1.82) is 0 Å². The molecule has 11 heteroatoms. The molecule has 0 bridgehead atoms. The number of aliphatic hydroxyl groups excluding tert-OH is 2. The van der Waals surface area contributed by atoms with Crippen LogP contribution in [0, 0.1) is 36.4 Å². The predicted octanol–water partition coefficient (Wildman–Crippen LogP) is 9.38. The van der Waals surface area contributed by atoms with Gasteiger partial charge in [-0.2, -0.15) is 0 Å². The second-order valence-electron chi connectivity index (χ2n) is 17.5. The lowest BCUT2D eigenvalue weighted by Gasteiger charge is -2.60. The number of amides is 1. The summed E-state index contributed by atoms with van der Waals surface area (Å²) < 4.78 is 35.4. The highest BCUT2D eigenvalue weighted by molar-refractivity contribution is 6.03. The normalized spacial score (nSPS) is 24.1. The molecule has 2 fully saturated rings. The minimum absolute atomic E-state index is 0.000440. The molecule has 332 valence electrons. The van der Waals surface area contributed by atoms with Crippen LogP contribution in [0.15, 0.2) is 120 Å². The van der Waals surface area contributed by atoms with E-state index in [0.29, 0.717) is 24.3 Å². The fraction of sp³-hybridized carbons (Fsp3) is 0.442. The second kappa shape index (κ2) is 20.4. The first-order valence-corrected chi connectivity index (χ1v) is 22.7. The van der Waals surface area contributed by atoms with Gasteiger partial charge in [0.05, 0.1) is 23.9 Å². The van der Waals surface area contributed by atoms with Gasteiger partial charge < -0.3 is 34.2 Å². The van der Waals surface area contributed by atoms with Gasteiger partial charge >= 0.3 is 0 Å². The van der Waals surface area contributed by atoms with Crippen molar-refractivity contribution in [1.82, 2.24) is 9.88 Å². The number of unbranched alkanes of at least 4 members (excludes halogenated alkanes) is 2. The average molecular weight is 858 g/mol. The Morgan fingerprint density at radius 2 is 1.73 bits per heavy atom. The van der Waals surface area contributed by atoms with Crippen LogP contribution in [0.2, 0.25) is 0 Å². The van der Waals surface area contributed by atoms with Gasteiger partial charge in [-0.15, -0.1) is 6.58 Å². The van der Waals surface area contributed by atoms with Crippen molar-refractivity contribution >= 4 is 11.6 Å². The largest absolute Gasteiger partial charge is 0.487 e. The minimum atomic E-state index is -1.40. The fourth-order valence-electron chi connectivity index (χ4n) is 10.0. The van der Waals surface area contributed by atoms with Gasteiger partial charge in [0.25, 0.3) is 0 Å². The summed E-state index contributed by atoms with van der Waals surface area (Å²) in [6.45, 7) is 7.14. The van der Waals surface area contributed by atoms with Gasteiger partial charge in [-0.3, -0.25) is 9.78 Å². The monoisotopic (exact) mass is 857 g/mol. The van der Waals surface area contributed by atoms with E-state index in [0.717, 1.165) is 77.9 Å². The SMILES string of the molecule is C=CCO[C@@]12Oc3ccc(OCc4cccc(C)n4)cc3[C@H]3[C@H](CCCCO)[C@@H](CCCCO)C=C(C(=NOCc4ccccc4)C[C@@H]1N(Cc1ccc(F)cc1)C(=O)C1CC1)[C@H]32. The van der Waals surface area contributed by atoms with Crippen molar-refractivity contribution in [2.75, 3.05) is 19.8 Å². The number of carbonyl (C=O) groups is 1. The summed E-state index contributed by atoms with van der Waals surface area (Å²) in [5.74, 6) is -1.10. The highest BCUT2D eigenvalue weighted by Gasteiger charge is 2.66. The van der Waals surface area contributed by atoms with E-state index < -0.39 is 17.7 Å². The number of nitrogens with zero attached hydrogens (tertiary/aromatic N) is 3. The maximum Gasteiger partial charge on any atom is 0.239 e. The Kier molecular flexibility index (Phi) is 14.4. The van der Waals surface area contributed by atoms with Gasteiger partial charge in [0.1, 0.15) is 36.6 Å². The maximum atomic E-state index is 14.8. The van der Waals surface area contributed by atoms with Crippen molar-refractivity contribution < 1.29 is 38.4 Å². The van der Waals surface area contributed by atoms with Gasteiger partial charge in [0, 0.05) is 49.3 Å². The molecule has 1 aliphatic heterocycles. The molecular formula is C52H60FN3O7. The number of allylic oxidation sites excluding steroid dienone is 1. The van der Waals surface area contributed by atoms with E-state index in [1.54, 1.807) is 18.2 Å². The van der Waals surface area contributed by atoms with Crippen molar-refractivity contribution in [3.8, 4) is 11.5 Å². The molecule has 8 rings (SSSR count). The first-order valence-electron chi connectivity index (χ1n) is 22.7. The summed E-state index contributed by atoms with van der Waals surface area (Å²) in [5, 5.41) is 24.9. The van der Waals surface area contributed by atoms with Crippen molar-refractivity contribution in [3.63, 3.8) is 0 Å². The van der Waals surface area contributed by atoms with E-state index in [1.165, 1.54) is 12.1 Å². The van der Waals surface area contributed by atoms with Crippen LogP contribution in [-0.4, -0.2) is 63.4 Å². The Morgan fingerprint density at radius 3 is 2.46 bits per heavy atom. The summed E-state index contributed by atoms with van der Waals surface area (Å²) in [6.07, 6.45) is 10.5. The van der Waals surface area contributed by atoms with Crippen LogP contribution in [0.5, 0.6) is 11.5 Å². The zero-order chi connectivity index (χ0) is 43.8. The third kappa shape index (κ3) is 10.1. The lowest BCUT2D eigenvalue weighted by Crippen LogP contribution is -2.70. The van der Waals surface area contributed by atoms with Crippen LogP contribution in [0.25, 0.3) is 0 Å². The van der Waals surface area contributed by atoms with E-state index in [2.05, 4.69) is 23.7 Å². The quantitative estimate of drug-likeness (QED) is 0.0483. The molecule has 6 atom stereocenters. The Labute approximate surface area is 370 Å². The first kappa shape index (κ1) is 44.3. The molecular weight excluding hydrogens is 798 g/mol. The molecule has 0 spiro atoms. The zero-order valence-electron chi connectivity index (χ0n) is 36.2. The number of aromatic nitrogens is 1. The first-order chi connectivity index (χ1) is 30.8. The number of aliphatic hydroxyl groups is 2. The summed E-state index contributed by atoms with van der Waals surface area (Å²) in [7, 11) is 0. The van der Waals surface area contributed by atoms with E-state index in [4.69, 9.17) is 24.2 Å². The Morgan fingerprint density at radius 1 is 0.952 bits per heavy atom. The molecule has 0 saturated heterocycles. The number of ether oxygens (including phenoxy) is 3. The van der Waals surface area contributed by atoms with Crippen molar-refractivity contribution in [3.05, 3.63) is 149 Å². The number of fused-ring (bicyclic) bond motifs is 2. The van der Waals surface area contributed by atoms with Crippen LogP contribution < -0.4 is 9.47 Å². The minimum Gasteiger partial charge on any atom is -0.487 e. The molecule has 2 N–H and O–H groups in total. The molecule has 3 aromatic carbocycles. The van der Waals surface area contributed by atoms with Crippen molar-refractivity contribution in [2.45, 2.75) is 102 Å². The Hall–Kier alpha value is -5.36. The number of oxime groups is 1. The lowest BCUT2D eigenvalue weighted by atomic mass is 9.55. The van der Waals surface area contributed by atoms with Gasteiger partial charge in [0.2, 0.25) is 11.7 Å². The second-order valence-corrected chi connectivity index (χ2v) is 17.5. The number of pyridine rings is 1. The average Bonchev–Trinajstić information content (AvgIpc) is 4.15. The van der Waals surface area contributed by atoms with Crippen LogP contribution in [0.3, 0.4) is 0 Å². The summed E-state index contributed by atoms with van der Waals surface area (Å²) in [5.41, 5.74) is 6.16. The van der Waals surface area contributed by atoms with Gasteiger partial charge in [0.15, 0.2) is 0 Å². The van der Waals surface area contributed by atoms with Crippen LogP contribution in [0.4, 0.5) is 4.39 Å². The van der Waals surface area contributed by atoms with E-state index >= 15 is 0 Å². The molecule has 2 heterocycles. The molecule has 1 amide bonds. The van der Waals surface area contributed by atoms with E-state index in [1.807, 2.05) is 72.5 Å². The standard InChI is InChI=1S/C52H60FN3O7/c1-3-28-61-52-48(56(51(59)38-20-21-38)32-36-18-22-40(53)23-19-36)31-46(55-62-33-37-13-5-4-6-14-37)44-29-39(15-7-9-26-57)43(17-8-10-27-58)49(50(44)52)45-30-42(24-25-47(45)63-52)60-34-41-16-11-12-35(2)54-41/h3-6,11-14,16,18-19,22-25,29-30,38-39,43,48-50,57-58H,1,7-10,15,17,20-21,26-28,31-34H2,2H3/t39-,43+,48-,49+,50+,52+/m0/s1. The van der Waals surface area contributed by atoms with E-state index in [9.17, 15) is 19.4 Å². The van der Waals surface area contributed by atoms with Crippen molar-refractivity contribution in [2.24, 2.45) is 28.8 Å². The highest BCUT2D eigenvalue weighted by Crippen LogP contribution is 2.62. The van der Waals surface area contributed by atoms with Crippen LogP contribution in [0.1, 0.15) is 91.8 Å². The molecule has 1 aromatic heterocycles.